The number of unbranched alkanes of at least 4 members (excludes halogenated alkanes) is 1. The van der Waals surface area contributed by atoms with Crippen molar-refractivity contribution in [3.05, 3.63) is 0 Å². The molecule has 2 fully saturated rings. The summed E-state index contributed by atoms with van der Waals surface area (Å²) in [5, 5.41) is 10.4. The highest BCUT2D eigenvalue weighted by molar-refractivity contribution is 4.95. The molecule has 84 valence electrons. The van der Waals surface area contributed by atoms with Crippen LogP contribution in [0.1, 0.15) is 44.9 Å². The Balaban J connectivity index is 1.85. The lowest BCUT2D eigenvalue weighted by atomic mass is 9.83. The molecule has 15 heavy (non-hydrogen) atoms. The van der Waals surface area contributed by atoms with Crippen LogP contribution in [-0.4, -0.2) is 34.7 Å². The van der Waals surface area contributed by atoms with Crippen LogP contribution in [0.25, 0.3) is 0 Å². The minimum atomic E-state index is -0.414. The number of nitrogens with zero attached hydrogens (tertiary/aromatic N) is 1. The molecule has 2 aliphatic heterocycles. The highest BCUT2D eigenvalue weighted by atomic mass is 16.3. The van der Waals surface area contributed by atoms with Crippen molar-refractivity contribution in [3.8, 4) is 12.3 Å². The topological polar surface area (TPSA) is 23.5 Å². The van der Waals surface area contributed by atoms with Crippen molar-refractivity contribution in [2.24, 2.45) is 0 Å². The van der Waals surface area contributed by atoms with Crippen LogP contribution < -0.4 is 0 Å². The largest absolute Gasteiger partial charge is 0.390 e. The molecule has 0 aromatic rings. The third-order valence-electron chi connectivity index (χ3n) is 3.94. The minimum absolute atomic E-state index is 0.414. The van der Waals surface area contributed by atoms with Gasteiger partial charge < -0.3 is 10.0 Å². The molecule has 0 aromatic heterocycles. The number of piperidine rings is 1. The maximum absolute atomic E-state index is 10.4. The number of hydrogen-bond donors (Lipinski definition) is 1. The predicted molar refractivity (Wildman–Crippen MR) is 61.5 cm³/mol. The lowest BCUT2D eigenvalue weighted by Crippen LogP contribution is -2.47. The monoisotopic (exact) mass is 207 g/mol. The van der Waals surface area contributed by atoms with Crippen molar-refractivity contribution in [2.45, 2.75) is 56.6 Å². The van der Waals surface area contributed by atoms with E-state index in [4.69, 9.17) is 6.42 Å². The number of terminal acetylenes is 1. The van der Waals surface area contributed by atoms with Crippen molar-refractivity contribution in [2.75, 3.05) is 13.1 Å². The molecule has 0 bridgehead atoms. The fourth-order valence-corrected chi connectivity index (χ4v) is 3.06. The zero-order chi connectivity index (χ0) is 10.7. The molecule has 2 rings (SSSR count). The molecule has 2 unspecified atom stereocenters. The van der Waals surface area contributed by atoms with Gasteiger partial charge in [0, 0.05) is 19.0 Å². The van der Waals surface area contributed by atoms with E-state index in [1.54, 1.807) is 0 Å². The van der Waals surface area contributed by atoms with Gasteiger partial charge in [-0.05, 0) is 45.1 Å². The summed E-state index contributed by atoms with van der Waals surface area (Å²) in [6.07, 6.45) is 12.4. The summed E-state index contributed by atoms with van der Waals surface area (Å²) in [5.41, 5.74) is -0.414. The average molecular weight is 207 g/mol. The van der Waals surface area contributed by atoms with Crippen LogP contribution in [-0.2, 0) is 0 Å². The van der Waals surface area contributed by atoms with Crippen molar-refractivity contribution in [3.63, 3.8) is 0 Å². The molecule has 0 spiro atoms. The average Bonchev–Trinajstić information content (AvgIpc) is 2.64. The van der Waals surface area contributed by atoms with E-state index in [0.29, 0.717) is 6.04 Å². The highest BCUT2D eigenvalue weighted by Crippen LogP contribution is 2.35. The van der Waals surface area contributed by atoms with E-state index in [9.17, 15) is 5.11 Å². The molecule has 2 heterocycles. The Labute approximate surface area is 92.7 Å². The van der Waals surface area contributed by atoms with Gasteiger partial charge in [0.1, 0.15) is 0 Å². The molecule has 0 aliphatic carbocycles. The van der Waals surface area contributed by atoms with Gasteiger partial charge in [-0.2, -0.15) is 0 Å². The summed E-state index contributed by atoms with van der Waals surface area (Å²) < 4.78 is 0. The van der Waals surface area contributed by atoms with E-state index < -0.39 is 5.60 Å². The Kier molecular flexibility index (Phi) is 3.33. The molecule has 2 heteroatoms. The standard InChI is InChI=1S/C13H21NO/c1-2-3-4-7-13(15)8-10-14-9-5-6-12(14)11-13/h1,12,15H,3-11H2. The Morgan fingerprint density at radius 1 is 1.47 bits per heavy atom. The van der Waals surface area contributed by atoms with Gasteiger partial charge in [-0.25, -0.2) is 0 Å². The zero-order valence-electron chi connectivity index (χ0n) is 9.41. The van der Waals surface area contributed by atoms with E-state index in [2.05, 4.69) is 10.8 Å². The van der Waals surface area contributed by atoms with Crippen molar-refractivity contribution in [1.29, 1.82) is 0 Å². The van der Waals surface area contributed by atoms with Crippen LogP contribution in [0.4, 0.5) is 0 Å². The zero-order valence-corrected chi connectivity index (χ0v) is 9.41. The maximum Gasteiger partial charge on any atom is 0.0675 e. The SMILES string of the molecule is C#CCCCC1(O)CCN2CCCC2C1. The van der Waals surface area contributed by atoms with Crippen LogP contribution in [0.3, 0.4) is 0 Å². The van der Waals surface area contributed by atoms with Gasteiger partial charge in [-0.15, -0.1) is 12.3 Å². The fraction of sp³-hybridized carbons (Fsp3) is 0.846. The van der Waals surface area contributed by atoms with Crippen molar-refractivity contribution in [1.82, 2.24) is 4.90 Å². The molecule has 0 aromatic carbocycles. The smallest absolute Gasteiger partial charge is 0.0675 e. The Hall–Kier alpha value is -0.520. The molecule has 0 saturated carbocycles. The second kappa shape index (κ2) is 4.55. The van der Waals surface area contributed by atoms with E-state index in [-0.39, 0.29) is 0 Å². The quantitative estimate of drug-likeness (QED) is 0.563. The highest BCUT2D eigenvalue weighted by Gasteiger charge is 2.39. The van der Waals surface area contributed by atoms with Gasteiger partial charge in [-0.3, -0.25) is 0 Å². The van der Waals surface area contributed by atoms with Gasteiger partial charge in [0.15, 0.2) is 0 Å². The molecule has 2 saturated heterocycles. The first kappa shape index (κ1) is 11.0. The van der Waals surface area contributed by atoms with Crippen molar-refractivity contribution >= 4 is 0 Å². The first-order valence-corrected chi connectivity index (χ1v) is 6.13. The fourth-order valence-electron chi connectivity index (χ4n) is 3.06. The van der Waals surface area contributed by atoms with Crippen LogP contribution in [0.2, 0.25) is 0 Å². The Bertz CT molecular complexity index is 258. The molecule has 2 aliphatic rings. The van der Waals surface area contributed by atoms with E-state index in [1.165, 1.54) is 19.4 Å². The van der Waals surface area contributed by atoms with E-state index in [0.717, 1.165) is 38.6 Å². The molecule has 0 amide bonds. The van der Waals surface area contributed by atoms with Crippen LogP contribution in [0.15, 0.2) is 0 Å². The predicted octanol–water partition coefficient (Wildman–Crippen LogP) is 1.78. The molecular formula is C13H21NO. The molecule has 1 N–H and O–H groups in total. The lowest BCUT2D eigenvalue weighted by Gasteiger charge is -2.41. The summed E-state index contributed by atoms with van der Waals surface area (Å²) in [7, 11) is 0. The first-order valence-electron chi connectivity index (χ1n) is 6.13. The Morgan fingerprint density at radius 2 is 2.33 bits per heavy atom. The second-order valence-corrected chi connectivity index (χ2v) is 5.07. The van der Waals surface area contributed by atoms with E-state index >= 15 is 0 Å². The summed E-state index contributed by atoms with van der Waals surface area (Å²) in [5.74, 6) is 2.65. The number of fused-ring (bicyclic) bond motifs is 1. The van der Waals surface area contributed by atoms with Gasteiger partial charge in [0.2, 0.25) is 0 Å². The molecule has 2 nitrogen and oxygen atoms in total. The summed E-state index contributed by atoms with van der Waals surface area (Å²) >= 11 is 0. The van der Waals surface area contributed by atoms with Gasteiger partial charge in [-0.1, -0.05) is 0 Å². The number of rotatable bonds is 3. The Morgan fingerprint density at radius 3 is 3.13 bits per heavy atom. The number of aliphatic hydroxyl groups is 1. The van der Waals surface area contributed by atoms with Gasteiger partial charge >= 0.3 is 0 Å². The number of hydrogen-bond acceptors (Lipinski definition) is 2. The first-order chi connectivity index (χ1) is 7.23. The van der Waals surface area contributed by atoms with Crippen molar-refractivity contribution < 1.29 is 5.11 Å². The summed E-state index contributed by atoms with van der Waals surface area (Å²) in [6.45, 7) is 2.32. The maximum atomic E-state index is 10.4. The molecule has 2 atom stereocenters. The second-order valence-electron chi connectivity index (χ2n) is 5.07. The third-order valence-corrected chi connectivity index (χ3v) is 3.94. The van der Waals surface area contributed by atoms with Crippen LogP contribution >= 0.6 is 0 Å². The molecular weight excluding hydrogens is 186 g/mol. The third kappa shape index (κ3) is 2.53. The normalized spacial score (nSPS) is 36.1. The van der Waals surface area contributed by atoms with E-state index in [1.807, 2.05) is 0 Å². The van der Waals surface area contributed by atoms with Gasteiger partial charge in [0.05, 0.1) is 5.60 Å². The van der Waals surface area contributed by atoms with Crippen LogP contribution in [0.5, 0.6) is 0 Å². The summed E-state index contributed by atoms with van der Waals surface area (Å²) in [6, 6.07) is 0.648. The molecule has 0 radical (unpaired) electrons. The lowest BCUT2D eigenvalue weighted by molar-refractivity contribution is -0.0428. The minimum Gasteiger partial charge on any atom is -0.390 e. The van der Waals surface area contributed by atoms with Gasteiger partial charge in [0.25, 0.3) is 0 Å². The summed E-state index contributed by atoms with van der Waals surface area (Å²) in [4.78, 5) is 2.54. The van der Waals surface area contributed by atoms with Crippen LogP contribution in [0, 0.1) is 12.3 Å².